The number of carbonyl (C=O) groups is 1. The van der Waals surface area contributed by atoms with E-state index in [9.17, 15) is 4.79 Å². The summed E-state index contributed by atoms with van der Waals surface area (Å²) in [5.74, 6) is 0.528. The second kappa shape index (κ2) is 10.3. The molecule has 0 spiro atoms. The summed E-state index contributed by atoms with van der Waals surface area (Å²) in [6.07, 6.45) is 4.77. The van der Waals surface area contributed by atoms with Gasteiger partial charge >= 0.3 is 0 Å². The van der Waals surface area contributed by atoms with Crippen LogP contribution < -0.4 is 11.1 Å². The lowest BCUT2D eigenvalue weighted by Crippen LogP contribution is -2.30. The van der Waals surface area contributed by atoms with E-state index in [1.54, 1.807) is 0 Å². The smallest absolute Gasteiger partial charge is 0.222 e. The van der Waals surface area contributed by atoms with Gasteiger partial charge in [0.15, 0.2) is 0 Å². The normalized spacial score (nSPS) is 16.1. The molecule has 4 heteroatoms. The molecule has 4 nitrogen and oxygen atoms in total. The third-order valence-electron chi connectivity index (χ3n) is 3.23. The maximum absolute atomic E-state index is 11.7. The van der Waals surface area contributed by atoms with Crippen LogP contribution in [0.3, 0.4) is 0 Å². The number of aliphatic hydroxyl groups excluding tert-OH is 1. The molecule has 0 bridgehead atoms. The molecule has 0 heterocycles. The molecule has 0 saturated heterocycles. The van der Waals surface area contributed by atoms with Crippen molar-refractivity contribution >= 4 is 5.91 Å². The molecular formula is C14H30N2O2. The molecule has 0 rings (SSSR count). The van der Waals surface area contributed by atoms with E-state index in [4.69, 9.17) is 10.8 Å². The van der Waals surface area contributed by atoms with Crippen molar-refractivity contribution in [2.24, 2.45) is 17.6 Å². The van der Waals surface area contributed by atoms with Gasteiger partial charge in [0.2, 0.25) is 5.91 Å². The summed E-state index contributed by atoms with van der Waals surface area (Å²) >= 11 is 0. The quantitative estimate of drug-likeness (QED) is 0.522. The van der Waals surface area contributed by atoms with Crippen LogP contribution in [0.1, 0.15) is 52.9 Å². The molecule has 1 amide bonds. The highest BCUT2D eigenvalue weighted by molar-refractivity contribution is 5.78. The molecule has 108 valence electrons. The Morgan fingerprint density at radius 3 is 2.39 bits per heavy atom. The Morgan fingerprint density at radius 2 is 1.83 bits per heavy atom. The Morgan fingerprint density at radius 1 is 1.17 bits per heavy atom. The minimum absolute atomic E-state index is 0.0685. The lowest BCUT2D eigenvalue weighted by molar-refractivity contribution is -0.124. The maximum atomic E-state index is 11.7. The summed E-state index contributed by atoms with van der Waals surface area (Å²) in [4.78, 5) is 11.7. The van der Waals surface area contributed by atoms with E-state index < -0.39 is 0 Å². The van der Waals surface area contributed by atoms with Crippen LogP contribution in [0, 0.1) is 11.8 Å². The highest BCUT2D eigenvalue weighted by Gasteiger charge is 2.12. The zero-order chi connectivity index (χ0) is 14.0. The number of rotatable bonds is 10. The average Bonchev–Trinajstić information content (AvgIpc) is 2.33. The topological polar surface area (TPSA) is 75.4 Å². The first kappa shape index (κ1) is 17.4. The van der Waals surface area contributed by atoms with Crippen LogP contribution in [-0.4, -0.2) is 30.2 Å². The summed E-state index contributed by atoms with van der Waals surface area (Å²) in [5.41, 5.74) is 5.67. The van der Waals surface area contributed by atoms with E-state index in [0.29, 0.717) is 12.5 Å². The third kappa shape index (κ3) is 9.42. The van der Waals surface area contributed by atoms with E-state index in [0.717, 1.165) is 32.1 Å². The number of hydrogen-bond donors (Lipinski definition) is 3. The van der Waals surface area contributed by atoms with Crippen LogP contribution in [0.5, 0.6) is 0 Å². The lowest BCUT2D eigenvalue weighted by atomic mass is 10.0. The average molecular weight is 258 g/mol. The monoisotopic (exact) mass is 258 g/mol. The SMILES string of the molecule is CC(N)CCCC(C)C(=O)NCCCC(C)CO. The minimum Gasteiger partial charge on any atom is -0.396 e. The molecule has 4 N–H and O–H groups in total. The summed E-state index contributed by atoms with van der Waals surface area (Å²) in [5, 5.41) is 11.8. The molecular weight excluding hydrogens is 228 g/mol. The minimum atomic E-state index is 0.0685. The summed E-state index contributed by atoms with van der Waals surface area (Å²) in [7, 11) is 0. The fourth-order valence-corrected chi connectivity index (χ4v) is 1.80. The van der Waals surface area contributed by atoms with E-state index in [1.807, 2.05) is 20.8 Å². The van der Waals surface area contributed by atoms with Gasteiger partial charge in [-0.1, -0.05) is 20.3 Å². The number of amides is 1. The molecule has 0 saturated carbocycles. The predicted octanol–water partition coefficient (Wildman–Crippen LogP) is 1.66. The van der Waals surface area contributed by atoms with E-state index >= 15 is 0 Å². The number of carbonyl (C=O) groups excluding carboxylic acids is 1. The van der Waals surface area contributed by atoms with Gasteiger partial charge in [0.05, 0.1) is 0 Å². The highest BCUT2D eigenvalue weighted by atomic mass is 16.3. The molecule has 3 atom stereocenters. The van der Waals surface area contributed by atoms with Crippen LogP contribution in [-0.2, 0) is 4.79 Å². The first-order chi connectivity index (χ1) is 8.47. The van der Waals surface area contributed by atoms with E-state index in [1.165, 1.54) is 0 Å². The summed E-state index contributed by atoms with van der Waals surface area (Å²) in [6.45, 7) is 6.90. The molecule has 3 unspecified atom stereocenters. The van der Waals surface area contributed by atoms with Gasteiger partial charge in [-0.2, -0.15) is 0 Å². The van der Waals surface area contributed by atoms with Crippen LogP contribution in [0.2, 0.25) is 0 Å². The molecule has 0 aliphatic heterocycles. The zero-order valence-electron chi connectivity index (χ0n) is 12.1. The van der Waals surface area contributed by atoms with Gasteiger partial charge in [-0.25, -0.2) is 0 Å². The molecule has 18 heavy (non-hydrogen) atoms. The Kier molecular flexibility index (Phi) is 9.98. The van der Waals surface area contributed by atoms with Crippen LogP contribution in [0.25, 0.3) is 0 Å². The van der Waals surface area contributed by atoms with Gasteiger partial charge in [-0.15, -0.1) is 0 Å². The van der Waals surface area contributed by atoms with E-state index in [2.05, 4.69) is 5.32 Å². The van der Waals surface area contributed by atoms with Gasteiger partial charge in [0, 0.05) is 25.1 Å². The fraction of sp³-hybridized carbons (Fsp3) is 0.929. The van der Waals surface area contributed by atoms with Crippen molar-refractivity contribution in [2.75, 3.05) is 13.2 Å². The second-order valence-corrected chi connectivity index (χ2v) is 5.53. The second-order valence-electron chi connectivity index (χ2n) is 5.53. The molecule has 0 aromatic heterocycles. The van der Waals surface area contributed by atoms with Gasteiger partial charge in [-0.3, -0.25) is 4.79 Å². The van der Waals surface area contributed by atoms with Crippen molar-refractivity contribution in [3.63, 3.8) is 0 Å². The van der Waals surface area contributed by atoms with Crippen molar-refractivity contribution in [2.45, 2.75) is 58.9 Å². The zero-order valence-corrected chi connectivity index (χ0v) is 12.1. The number of nitrogens with one attached hydrogen (secondary N) is 1. The maximum Gasteiger partial charge on any atom is 0.222 e. The van der Waals surface area contributed by atoms with Gasteiger partial charge in [0.25, 0.3) is 0 Å². The van der Waals surface area contributed by atoms with Crippen molar-refractivity contribution in [3.8, 4) is 0 Å². The van der Waals surface area contributed by atoms with Gasteiger partial charge in [0.1, 0.15) is 0 Å². The van der Waals surface area contributed by atoms with Crippen molar-refractivity contribution < 1.29 is 9.90 Å². The fourth-order valence-electron chi connectivity index (χ4n) is 1.80. The highest BCUT2D eigenvalue weighted by Crippen LogP contribution is 2.09. The Labute approximate surface area is 111 Å². The molecule has 0 aliphatic carbocycles. The van der Waals surface area contributed by atoms with E-state index in [-0.39, 0.29) is 24.5 Å². The first-order valence-electron chi connectivity index (χ1n) is 7.11. The van der Waals surface area contributed by atoms with Crippen LogP contribution >= 0.6 is 0 Å². The van der Waals surface area contributed by atoms with Crippen LogP contribution in [0.15, 0.2) is 0 Å². The summed E-state index contributed by atoms with van der Waals surface area (Å²) < 4.78 is 0. The summed E-state index contributed by atoms with van der Waals surface area (Å²) in [6, 6.07) is 0.222. The van der Waals surface area contributed by atoms with Crippen molar-refractivity contribution in [3.05, 3.63) is 0 Å². The Hall–Kier alpha value is -0.610. The van der Waals surface area contributed by atoms with Gasteiger partial charge < -0.3 is 16.2 Å². The predicted molar refractivity (Wildman–Crippen MR) is 75.2 cm³/mol. The number of aliphatic hydroxyl groups is 1. The molecule has 0 fully saturated rings. The van der Waals surface area contributed by atoms with Crippen molar-refractivity contribution in [1.29, 1.82) is 0 Å². The Balaban J connectivity index is 3.56. The lowest BCUT2D eigenvalue weighted by Gasteiger charge is -2.13. The Bertz CT molecular complexity index is 220. The van der Waals surface area contributed by atoms with Crippen LogP contribution in [0.4, 0.5) is 0 Å². The number of nitrogens with two attached hydrogens (primary N) is 1. The van der Waals surface area contributed by atoms with Gasteiger partial charge in [-0.05, 0) is 38.5 Å². The standard InChI is InChI=1S/C14H30N2O2/c1-11(10-17)6-5-9-16-14(18)12(2)7-4-8-13(3)15/h11-13,17H,4-10,15H2,1-3H3,(H,16,18). The molecule has 0 aliphatic rings. The molecule has 0 aromatic carbocycles. The largest absolute Gasteiger partial charge is 0.396 e. The first-order valence-corrected chi connectivity index (χ1v) is 7.11. The third-order valence-corrected chi connectivity index (χ3v) is 3.23. The number of hydrogen-bond acceptors (Lipinski definition) is 3. The molecule has 0 aromatic rings. The molecule has 0 radical (unpaired) electrons. The van der Waals surface area contributed by atoms with Crippen molar-refractivity contribution in [1.82, 2.24) is 5.32 Å².